The molecule has 142 valence electrons. The molecule has 0 amide bonds. The molecule has 1 aromatic rings. The summed E-state index contributed by atoms with van der Waals surface area (Å²) in [5, 5.41) is 3.59. The Morgan fingerprint density at radius 1 is 1.36 bits per heavy atom. The minimum atomic E-state index is -2.84. The molecule has 0 aromatic carbocycles. The zero-order chi connectivity index (χ0) is 17.0. The maximum atomic E-state index is 11.6. The monoisotopic (exact) mass is 480 g/mol. The van der Waals surface area contributed by atoms with Gasteiger partial charge < -0.3 is 15.2 Å². The lowest BCUT2D eigenvalue weighted by Gasteiger charge is -2.25. The number of rotatable bonds is 5. The van der Waals surface area contributed by atoms with Crippen LogP contribution in [-0.4, -0.2) is 55.4 Å². The van der Waals surface area contributed by atoms with Crippen molar-refractivity contribution >= 4 is 39.8 Å². The molecule has 2 aliphatic rings. The number of guanidine groups is 1. The van der Waals surface area contributed by atoms with Crippen molar-refractivity contribution in [2.24, 2.45) is 10.9 Å². The van der Waals surface area contributed by atoms with Gasteiger partial charge in [0.1, 0.15) is 0 Å². The lowest BCUT2D eigenvalue weighted by Crippen LogP contribution is -2.43. The number of aromatic amines is 1. The second kappa shape index (κ2) is 9.25. The van der Waals surface area contributed by atoms with Gasteiger partial charge in [-0.3, -0.25) is 4.99 Å². The Hall–Kier alpha value is -0.770. The Bertz CT molecular complexity index is 654. The van der Waals surface area contributed by atoms with Crippen LogP contribution in [0, 0.1) is 5.92 Å². The minimum Gasteiger partial charge on any atom is -0.364 e. The third-order valence-electron chi connectivity index (χ3n) is 4.95. The largest absolute Gasteiger partial charge is 0.364 e. The predicted octanol–water partition coefficient (Wildman–Crippen LogP) is 2.39. The first-order chi connectivity index (χ1) is 11.5. The molecule has 0 spiro atoms. The summed E-state index contributed by atoms with van der Waals surface area (Å²) >= 11 is 0. The minimum absolute atomic E-state index is 0. The smallest absolute Gasteiger partial charge is 0.194 e. The Balaban J connectivity index is 0.00000225. The normalized spacial score (nSPS) is 23.4. The molecule has 1 aromatic heterocycles. The molecule has 1 aliphatic carbocycles. The van der Waals surface area contributed by atoms with Gasteiger partial charge in [-0.1, -0.05) is 12.8 Å². The van der Waals surface area contributed by atoms with Crippen LogP contribution < -0.4 is 5.32 Å². The molecular formula is C17H29IN4O2S. The second-order valence-electron chi connectivity index (χ2n) is 7.11. The van der Waals surface area contributed by atoms with E-state index in [0.29, 0.717) is 18.3 Å². The van der Waals surface area contributed by atoms with Gasteiger partial charge in [0.15, 0.2) is 15.8 Å². The molecule has 6 nitrogen and oxygen atoms in total. The third kappa shape index (κ3) is 6.16. The molecule has 0 radical (unpaired) electrons. The number of sulfone groups is 1. The Morgan fingerprint density at radius 2 is 2.12 bits per heavy atom. The highest BCUT2D eigenvalue weighted by Crippen LogP contribution is 2.20. The van der Waals surface area contributed by atoms with Crippen LogP contribution in [0.2, 0.25) is 0 Å². The molecule has 1 saturated carbocycles. The summed E-state index contributed by atoms with van der Waals surface area (Å²) in [6, 6.07) is 4.54. The SMILES string of the molecule is CN(Cc1ccc[nH]1)C(=NCC1CCS(=O)(=O)C1)NC1CCCC1.I. The van der Waals surface area contributed by atoms with E-state index in [1.54, 1.807) is 0 Å². The van der Waals surface area contributed by atoms with Crippen LogP contribution in [0.5, 0.6) is 0 Å². The van der Waals surface area contributed by atoms with E-state index >= 15 is 0 Å². The Labute approximate surface area is 167 Å². The van der Waals surface area contributed by atoms with Crippen LogP contribution in [-0.2, 0) is 16.4 Å². The molecular weight excluding hydrogens is 451 g/mol. The maximum Gasteiger partial charge on any atom is 0.194 e. The average Bonchev–Trinajstić information content (AvgIpc) is 3.26. The lowest BCUT2D eigenvalue weighted by molar-refractivity contribution is 0.449. The van der Waals surface area contributed by atoms with Crippen molar-refractivity contribution in [2.75, 3.05) is 25.1 Å². The standard InChI is InChI=1S/C17H28N4O2S.HI/c1-21(12-16-7-4-9-18-16)17(20-15-5-2-3-6-15)19-11-14-8-10-24(22,23)13-14;/h4,7,9,14-15,18H,2-3,5-6,8,10-13H2,1H3,(H,19,20);1H. The number of nitrogens with zero attached hydrogens (tertiary/aromatic N) is 2. The summed E-state index contributed by atoms with van der Waals surface area (Å²) in [5.41, 5.74) is 1.14. The number of hydrogen-bond donors (Lipinski definition) is 2. The van der Waals surface area contributed by atoms with E-state index in [2.05, 4.69) is 21.3 Å². The van der Waals surface area contributed by atoms with Crippen molar-refractivity contribution in [1.29, 1.82) is 0 Å². The van der Waals surface area contributed by atoms with Crippen molar-refractivity contribution in [3.63, 3.8) is 0 Å². The fraction of sp³-hybridized carbons (Fsp3) is 0.706. The molecule has 2 fully saturated rings. The van der Waals surface area contributed by atoms with Crippen LogP contribution in [0.3, 0.4) is 0 Å². The predicted molar refractivity (Wildman–Crippen MR) is 112 cm³/mol. The van der Waals surface area contributed by atoms with E-state index in [-0.39, 0.29) is 35.6 Å². The average molecular weight is 480 g/mol. The van der Waals surface area contributed by atoms with Crippen LogP contribution >= 0.6 is 24.0 Å². The Morgan fingerprint density at radius 3 is 2.72 bits per heavy atom. The highest BCUT2D eigenvalue weighted by Gasteiger charge is 2.28. The van der Waals surface area contributed by atoms with Gasteiger partial charge in [-0.25, -0.2) is 8.42 Å². The fourth-order valence-electron chi connectivity index (χ4n) is 3.56. The zero-order valence-electron chi connectivity index (χ0n) is 14.8. The van der Waals surface area contributed by atoms with Gasteiger partial charge in [0.05, 0.1) is 18.1 Å². The molecule has 2 N–H and O–H groups in total. The molecule has 1 aliphatic heterocycles. The summed E-state index contributed by atoms with van der Waals surface area (Å²) in [6.07, 6.45) is 7.58. The lowest BCUT2D eigenvalue weighted by atomic mass is 10.1. The van der Waals surface area contributed by atoms with E-state index in [0.717, 1.165) is 24.6 Å². The number of nitrogens with one attached hydrogen (secondary N) is 2. The molecule has 1 saturated heterocycles. The van der Waals surface area contributed by atoms with Crippen LogP contribution in [0.4, 0.5) is 0 Å². The summed E-state index contributed by atoms with van der Waals surface area (Å²) in [4.78, 5) is 10.1. The summed E-state index contributed by atoms with van der Waals surface area (Å²) in [6.45, 7) is 1.35. The van der Waals surface area contributed by atoms with Gasteiger partial charge in [-0.05, 0) is 37.3 Å². The van der Waals surface area contributed by atoms with E-state index in [1.165, 1.54) is 25.7 Å². The summed E-state index contributed by atoms with van der Waals surface area (Å²) in [7, 11) is -0.801. The first-order valence-electron chi connectivity index (χ1n) is 8.87. The number of H-pyrrole nitrogens is 1. The first-order valence-corrected chi connectivity index (χ1v) is 10.7. The molecule has 0 bridgehead atoms. The summed E-state index contributed by atoms with van der Waals surface area (Å²) in [5.74, 6) is 1.65. The van der Waals surface area contributed by atoms with Gasteiger partial charge in [0.2, 0.25) is 0 Å². The molecule has 25 heavy (non-hydrogen) atoms. The van der Waals surface area contributed by atoms with Crippen molar-refractivity contribution in [1.82, 2.24) is 15.2 Å². The Kier molecular flexibility index (Phi) is 7.60. The maximum absolute atomic E-state index is 11.6. The van der Waals surface area contributed by atoms with Gasteiger partial charge in [0, 0.05) is 31.5 Å². The van der Waals surface area contributed by atoms with Gasteiger partial charge in [-0.15, -0.1) is 24.0 Å². The fourth-order valence-corrected chi connectivity index (χ4v) is 5.41. The van der Waals surface area contributed by atoms with Crippen molar-refractivity contribution in [2.45, 2.75) is 44.7 Å². The van der Waals surface area contributed by atoms with Gasteiger partial charge in [-0.2, -0.15) is 0 Å². The first kappa shape index (κ1) is 20.5. The van der Waals surface area contributed by atoms with E-state index in [1.807, 2.05) is 19.3 Å². The van der Waals surface area contributed by atoms with Crippen molar-refractivity contribution in [3.8, 4) is 0 Å². The van der Waals surface area contributed by atoms with Gasteiger partial charge >= 0.3 is 0 Å². The van der Waals surface area contributed by atoms with E-state index in [9.17, 15) is 8.42 Å². The van der Waals surface area contributed by atoms with Crippen molar-refractivity contribution < 1.29 is 8.42 Å². The highest BCUT2D eigenvalue weighted by molar-refractivity contribution is 14.0. The second-order valence-corrected chi connectivity index (χ2v) is 9.34. The van der Waals surface area contributed by atoms with E-state index < -0.39 is 9.84 Å². The van der Waals surface area contributed by atoms with Crippen LogP contribution in [0.1, 0.15) is 37.8 Å². The molecule has 3 rings (SSSR count). The molecule has 2 heterocycles. The van der Waals surface area contributed by atoms with E-state index in [4.69, 9.17) is 4.99 Å². The van der Waals surface area contributed by atoms with Crippen molar-refractivity contribution in [3.05, 3.63) is 24.0 Å². The number of halogens is 1. The molecule has 1 unspecified atom stereocenters. The quantitative estimate of drug-likeness (QED) is 0.386. The van der Waals surface area contributed by atoms with Gasteiger partial charge in [0.25, 0.3) is 0 Å². The number of aliphatic imine (C=N–C) groups is 1. The molecule has 1 atom stereocenters. The van der Waals surface area contributed by atoms with Crippen LogP contribution in [0.25, 0.3) is 0 Å². The zero-order valence-corrected chi connectivity index (χ0v) is 17.9. The highest BCUT2D eigenvalue weighted by atomic mass is 127. The number of hydrogen-bond acceptors (Lipinski definition) is 3. The summed E-state index contributed by atoms with van der Waals surface area (Å²) < 4.78 is 23.3. The third-order valence-corrected chi connectivity index (χ3v) is 6.78. The van der Waals surface area contributed by atoms with Crippen LogP contribution in [0.15, 0.2) is 23.3 Å². The topological polar surface area (TPSA) is 77.6 Å². The molecule has 8 heteroatoms. The number of aromatic nitrogens is 1.